The SMILES string of the molecule is CC.CC(=O)[C@@H](N)CCCN=C(N)N.CCC.O=C(S)c1cccnc1. The maximum Gasteiger partial charge on any atom is 0.217 e. The van der Waals surface area contributed by atoms with Crippen molar-refractivity contribution in [3.8, 4) is 0 Å². The highest BCUT2D eigenvalue weighted by Gasteiger charge is 2.06. The lowest BCUT2D eigenvalue weighted by molar-refractivity contribution is -0.118. The van der Waals surface area contributed by atoms with Gasteiger partial charge in [-0.15, -0.1) is 12.6 Å². The van der Waals surface area contributed by atoms with Crippen LogP contribution in [-0.2, 0) is 4.79 Å². The van der Waals surface area contributed by atoms with Crippen LogP contribution in [0.1, 0.15) is 64.2 Å². The number of hydrogen-bond acceptors (Lipinski definition) is 5. The molecule has 0 fully saturated rings. The van der Waals surface area contributed by atoms with Crippen LogP contribution in [0.15, 0.2) is 29.5 Å². The van der Waals surface area contributed by atoms with E-state index >= 15 is 0 Å². The van der Waals surface area contributed by atoms with Crippen molar-refractivity contribution in [3.05, 3.63) is 30.1 Å². The third kappa shape index (κ3) is 22.1. The van der Waals surface area contributed by atoms with Crippen molar-refractivity contribution in [1.82, 2.24) is 4.98 Å². The molecule has 0 aliphatic rings. The van der Waals surface area contributed by atoms with Gasteiger partial charge in [-0.1, -0.05) is 34.1 Å². The van der Waals surface area contributed by atoms with Gasteiger partial charge in [0.15, 0.2) is 5.96 Å². The van der Waals surface area contributed by atoms with Gasteiger partial charge in [0.2, 0.25) is 5.12 Å². The number of hydrogen-bond donors (Lipinski definition) is 4. The minimum atomic E-state index is -0.376. The average molecular weight is 386 g/mol. The molecule has 0 aromatic carbocycles. The second-order valence-electron chi connectivity index (χ2n) is 4.92. The van der Waals surface area contributed by atoms with Crippen LogP contribution in [0.4, 0.5) is 0 Å². The van der Waals surface area contributed by atoms with Crippen molar-refractivity contribution >= 4 is 29.5 Å². The molecule has 0 aliphatic carbocycles. The van der Waals surface area contributed by atoms with Crippen molar-refractivity contribution < 1.29 is 9.59 Å². The number of ketones is 1. The van der Waals surface area contributed by atoms with Crippen LogP contribution in [0.5, 0.6) is 0 Å². The van der Waals surface area contributed by atoms with E-state index in [0.29, 0.717) is 18.5 Å². The van der Waals surface area contributed by atoms with Gasteiger partial charge in [0.25, 0.3) is 0 Å². The fourth-order valence-corrected chi connectivity index (χ4v) is 1.34. The van der Waals surface area contributed by atoms with E-state index in [1.807, 2.05) is 13.8 Å². The topological polar surface area (TPSA) is 137 Å². The summed E-state index contributed by atoms with van der Waals surface area (Å²) in [7, 11) is 0. The number of aromatic nitrogens is 1. The molecular weight excluding hydrogens is 350 g/mol. The molecule has 1 aromatic heterocycles. The van der Waals surface area contributed by atoms with Crippen LogP contribution in [0.25, 0.3) is 0 Å². The summed E-state index contributed by atoms with van der Waals surface area (Å²) in [5.74, 6) is 0.0751. The maximum absolute atomic E-state index is 10.7. The standard InChI is InChI=1S/C7H16N4O.C6H5NOS.C3H8.C2H6/c1-5(12)6(8)3-2-4-11-7(9)10;8-6(9)5-2-1-3-7-4-5;1-3-2;1-2/h6H,2-4,8H2,1H3,(H4,9,10,11);1-4H,(H,8,9);3H2,1-2H3;1-2H3/t6-;;;/m0.../s1. The van der Waals surface area contributed by atoms with Crippen LogP contribution >= 0.6 is 12.6 Å². The lowest BCUT2D eigenvalue weighted by Gasteiger charge is -2.04. The lowest BCUT2D eigenvalue weighted by atomic mass is 10.1. The fourth-order valence-electron chi connectivity index (χ4n) is 1.21. The Morgan fingerprint density at radius 2 is 1.81 bits per heavy atom. The molecule has 0 saturated carbocycles. The highest BCUT2D eigenvalue weighted by molar-refractivity contribution is 7.97. The highest BCUT2D eigenvalue weighted by atomic mass is 32.1. The van der Waals surface area contributed by atoms with E-state index in [-0.39, 0.29) is 22.9 Å². The maximum atomic E-state index is 10.7. The Kier molecular flexibility index (Phi) is 23.4. The van der Waals surface area contributed by atoms with E-state index in [9.17, 15) is 9.59 Å². The summed E-state index contributed by atoms with van der Waals surface area (Å²) >= 11 is 3.61. The Morgan fingerprint density at radius 3 is 2.12 bits per heavy atom. The molecule has 0 unspecified atom stereocenters. The van der Waals surface area contributed by atoms with E-state index < -0.39 is 0 Å². The molecule has 0 amide bonds. The number of nitrogens with zero attached hydrogens (tertiary/aromatic N) is 2. The van der Waals surface area contributed by atoms with Crippen LogP contribution in [0.2, 0.25) is 0 Å². The number of carbonyl (C=O) groups is 2. The quantitative estimate of drug-likeness (QED) is 0.257. The molecule has 8 heteroatoms. The summed E-state index contributed by atoms with van der Waals surface area (Å²) in [5, 5.41) is -0.247. The van der Waals surface area contributed by atoms with Crippen molar-refractivity contribution in [3.63, 3.8) is 0 Å². The van der Waals surface area contributed by atoms with E-state index in [1.165, 1.54) is 19.5 Å². The minimum Gasteiger partial charge on any atom is -0.370 e. The van der Waals surface area contributed by atoms with Crippen LogP contribution in [-0.4, -0.2) is 34.4 Å². The van der Waals surface area contributed by atoms with E-state index in [1.54, 1.807) is 18.3 Å². The van der Waals surface area contributed by atoms with Crippen molar-refractivity contribution in [2.45, 2.75) is 59.9 Å². The molecular formula is C18H35N5O2S. The number of Topliss-reactive ketones (excluding diaryl/α,β-unsaturated/α-hetero) is 1. The van der Waals surface area contributed by atoms with E-state index in [0.717, 1.165) is 6.42 Å². The molecule has 1 aromatic rings. The number of aliphatic imine (C=N–C) groups is 1. The average Bonchev–Trinajstić information content (AvgIpc) is 2.62. The number of thiol groups is 1. The summed E-state index contributed by atoms with van der Waals surface area (Å²) in [4.78, 5) is 28.6. The van der Waals surface area contributed by atoms with Crippen LogP contribution in [0.3, 0.4) is 0 Å². The molecule has 26 heavy (non-hydrogen) atoms. The fraction of sp³-hybridized carbons (Fsp3) is 0.556. The summed E-state index contributed by atoms with van der Waals surface area (Å²) in [5.41, 5.74) is 16.2. The van der Waals surface area contributed by atoms with Gasteiger partial charge >= 0.3 is 0 Å². The normalized spacial score (nSPS) is 9.65. The first kappa shape index (κ1) is 28.9. The molecule has 0 saturated heterocycles. The molecule has 0 aliphatic heterocycles. The summed E-state index contributed by atoms with van der Waals surface area (Å²) in [6.45, 7) is 10.3. The third-order valence-electron chi connectivity index (χ3n) is 2.40. The van der Waals surface area contributed by atoms with E-state index in [4.69, 9.17) is 17.2 Å². The number of pyridine rings is 1. The second kappa shape index (κ2) is 21.1. The molecule has 6 N–H and O–H groups in total. The Bertz CT molecular complexity index is 492. The summed E-state index contributed by atoms with van der Waals surface area (Å²) in [6.07, 6.45) is 5.71. The zero-order chi connectivity index (χ0) is 21.0. The molecule has 1 atom stereocenters. The van der Waals surface area contributed by atoms with Gasteiger partial charge < -0.3 is 17.2 Å². The van der Waals surface area contributed by atoms with Crippen LogP contribution < -0.4 is 17.2 Å². The highest BCUT2D eigenvalue weighted by Crippen LogP contribution is 1.98. The molecule has 0 bridgehead atoms. The molecule has 150 valence electrons. The largest absolute Gasteiger partial charge is 0.370 e. The Hall–Kier alpha value is -1.93. The summed E-state index contributed by atoms with van der Waals surface area (Å²) < 4.78 is 0. The van der Waals surface area contributed by atoms with Gasteiger partial charge in [-0.25, -0.2) is 0 Å². The van der Waals surface area contributed by atoms with Crippen molar-refractivity contribution in [1.29, 1.82) is 0 Å². The first-order valence-corrected chi connectivity index (χ1v) is 9.15. The van der Waals surface area contributed by atoms with Crippen molar-refractivity contribution in [2.75, 3.05) is 6.54 Å². The zero-order valence-electron chi connectivity index (χ0n) is 16.6. The monoisotopic (exact) mass is 385 g/mol. The Labute approximate surface area is 163 Å². The Morgan fingerprint density at radius 1 is 1.27 bits per heavy atom. The Balaban J connectivity index is -0.000000332. The smallest absolute Gasteiger partial charge is 0.217 e. The van der Waals surface area contributed by atoms with Gasteiger partial charge in [0.05, 0.1) is 6.04 Å². The molecule has 0 radical (unpaired) electrons. The number of nitrogens with two attached hydrogens (primary N) is 3. The minimum absolute atomic E-state index is 0.000278. The molecule has 0 spiro atoms. The number of carbonyl (C=O) groups excluding carboxylic acids is 2. The zero-order valence-corrected chi connectivity index (χ0v) is 17.5. The third-order valence-corrected chi connectivity index (χ3v) is 2.66. The predicted molar refractivity (Wildman–Crippen MR) is 113 cm³/mol. The number of rotatable bonds is 6. The lowest BCUT2D eigenvalue weighted by Crippen LogP contribution is -2.28. The number of guanidine groups is 1. The summed E-state index contributed by atoms with van der Waals surface area (Å²) in [6, 6.07) is 2.99. The van der Waals surface area contributed by atoms with Gasteiger partial charge in [0, 0.05) is 24.5 Å². The van der Waals surface area contributed by atoms with E-state index in [2.05, 4.69) is 36.5 Å². The molecule has 1 heterocycles. The molecule has 1 rings (SSSR count). The van der Waals surface area contributed by atoms with Crippen LogP contribution in [0, 0.1) is 0 Å². The second-order valence-corrected chi connectivity index (χ2v) is 5.33. The van der Waals surface area contributed by atoms with Gasteiger partial charge in [-0.05, 0) is 31.9 Å². The van der Waals surface area contributed by atoms with Gasteiger partial charge in [0.1, 0.15) is 5.78 Å². The van der Waals surface area contributed by atoms with Crippen molar-refractivity contribution in [2.24, 2.45) is 22.2 Å². The first-order chi connectivity index (χ1) is 12.3. The first-order valence-electron chi connectivity index (χ1n) is 8.70. The molecule has 7 nitrogen and oxygen atoms in total. The predicted octanol–water partition coefficient (Wildman–Crippen LogP) is 2.55. The van der Waals surface area contributed by atoms with Gasteiger partial charge in [-0.3, -0.25) is 19.6 Å². The van der Waals surface area contributed by atoms with Gasteiger partial charge in [-0.2, -0.15) is 0 Å².